The van der Waals surface area contributed by atoms with E-state index in [1.807, 2.05) is 56.3 Å². The van der Waals surface area contributed by atoms with Crippen LogP contribution in [0.1, 0.15) is 32.6 Å². The van der Waals surface area contributed by atoms with Gasteiger partial charge in [-0.15, -0.1) is 0 Å². The Morgan fingerprint density at radius 1 is 0.914 bits per heavy atom. The Kier molecular flexibility index (Phi) is 7.42. The molecule has 35 heavy (non-hydrogen) atoms. The quantitative estimate of drug-likeness (QED) is 0.467. The standard InChI is InChI=1S/C27H32N4O3S/c1-19-15-21(3)26(16-20(19)2)35(33,34)30-23-9-10-25(31-13-11-28-12-14-31)24(17-23)27(32)29-18-22-7-5-4-6-8-22/h4-10,15-17,28,30H,11-14,18H2,1-3H3,(H,29,32). The number of anilines is 2. The van der Waals surface area contributed by atoms with Gasteiger partial charge in [0, 0.05) is 44.1 Å². The molecule has 0 unspecified atom stereocenters. The van der Waals surface area contributed by atoms with Crippen LogP contribution in [0.15, 0.2) is 65.6 Å². The predicted molar refractivity (Wildman–Crippen MR) is 141 cm³/mol. The molecule has 0 spiro atoms. The summed E-state index contributed by atoms with van der Waals surface area (Å²) in [5.41, 5.74) is 5.21. The Balaban J connectivity index is 1.64. The van der Waals surface area contributed by atoms with Crippen molar-refractivity contribution in [3.63, 3.8) is 0 Å². The minimum atomic E-state index is -3.82. The molecule has 1 saturated heterocycles. The van der Waals surface area contributed by atoms with Crippen molar-refractivity contribution in [1.82, 2.24) is 10.6 Å². The third-order valence-electron chi connectivity index (χ3n) is 6.33. The summed E-state index contributed by atoms with van der Waals surface area (Å²) < 4.78 is 29.2. The number of rotatable bonds is 7. The van der Waals surface area contributed by atoms with Gasteiger partial charge in [0.25, 0.3) is 15.9 Å². The normalized spacial score (nSPS) is 14.0. The maximum Gasteiger partial charge on any atom is 0.262 e. The van der Waals surface area contributed by atoms with Crippen LogP contribution in [0.5, 0.6) is 0 Å². The molecule has 1 aliphatic rings. The van der Waals surface area contributed by atoms with Gasteiger partial charge < -0.3 is 15.5 Å². The van der Waals surface area contributed by atoms with Crippen molar-refractivity contribution < 1.29 is 13.2 Å². The van der Waals surface area contributed by atoms with Crippen molar-refractivity contribution in [3.8, 4) is 0 Å². The first-order valence-corrected chi connectivity index (χ1v) is 13.3. The highest BCUT2D eigenvalue weighted by Crippen LogP contribution is 2.28. The molecule has 8 heteroatoms. The van der Waals surface area contributed by atoms with Gasteiger partial charge in [-0.1, -0.05) is 36.4 Å². The molecule has 3 aromatic carbocycles. The lowest BCUT2D eigenvalue weighted by Gasteiger charge is -2.31. The van der Waals surface area contributed by atoms with Gasteiger partial charge in [-0.25, -0.2) is 8.42 Å². The molecule has 3 N–H and O–H groups in total. The minimum absolute atomic E-state index is 0.238. The van der Waals surface area contributed by atoms with E-state index in [-0.39, 0.29) is 10.8 Å². The molecule has 1 fully saturated rings. The summed E-state index contributed by atoms with van der Waals surface area (Å²) >= 11 is 0. The van der Waals surface area contributed by atoms with Gasteiger partial charge >= 0.3 is 0 Å². The molecule has 184 valence electrons. The number of sulfonamides is 1. The van der Waals surface area contributed by atoms with Crippen LogP contribution in [-0.4, -0.2) is 40.5 Å². The Hall–Kier alpha value is -3.36. The fraction of sp³-hybridized carbons (Fsp3) is 0.296. The van der Waals surface area contributed by atoms with Crippen molar-refractivity contribution in [2.75, 3.05) is 35.8 Å². The number of carbonyl (C=O) groups excluding carboxylic acids is 1. The number of carbonyl (C=O) groups is 1. The van der Waals surface area contributed by atoms with E-state index in [2.05, 4.69) is 20.3 Å². The molecule has 1 aliphatic heterocycles. The average molecular weight is 493 g/mol. The molecule has 3 aromatic rings. The van der Waals surface area contributed by atoms with Crippen molar-refractivity contribution in [1.29, 1.82) is 0 Å². The third-order valence-corrected chi connectivity index (χ3v) is 7.85. The van der Waals surface area contributed by atoms with E-state index < -0.39 is 10.0 Å². The Labute approximate surface area is 207 Å². The largest absolute Gasteiger partial charge is 0.368 e. The van der Waals surface area contributed by atoms with E-state index in [1.165, 1.54) is 0 Å². The summed E-state index contributed by atoms with van der Waals surface area (Å²) in [4.78, 5) is 15.7. The second-order valence-electron chi connectivity index (χ2n) is 8.94. The molecule has 0 radical (unpaired) electrons. The Bertz CT molecular complexity index is 1320. The maximum absolute atomic E-state index is 13.3. The number of hydrogen-bond donors (Lipinski definition) is 3. The lowest BCUT2D eigenvalue weighted by Crippen LogP contribution is -2.44. The highest BCUT2D eigenvalue weighted by molar-refractivity contribution is 7.92. The Morgan fingerprint density at radius 2 is 1.60 bits per heavy atom. The zero-order chi connectivity index (χ0) is 25.0. The first kappa shape index (κ1) is 24.8. The first-order chi connectivity index (χ1) is 16.7. The summed E-state index contributed by atoms with van der Waals surface area (Å²) in [6.07, 6.45) is 0. The summed E-state index contributed by atoms with van der Waals surface area (Å²) in [7, 11) is -3.82. The molecule has 1 heterocycles. The number of benzene rings is 3. The van der Waals surface area contributed by atoms with Gasteiger partial charge in [0.2, 0.25) is 0 Å². The number of nitrogens with one attached hydrogen (secondary N) is 3. The van der Waals surface area contributed by atoms with Gasteiger partial charge in [-0.05, 0) is 67.3 Å². The Morgan fingerprint density at radius 3 is 2.31 bits per heavy atom. The SMILES string of the molecule is Cc1cc(C)c(S(=O)(=O)Nc2ccc(N3CCNCC3)c(C(=O)NCc3ccccc3)c2)cc1C. The van der Waals surface area contributed by atoms with Gasteiger partial charge in [-0.2, -0.15) is 0 Å². The van der Waals surface area contributed by atoms with E-state index in [0.717, 1.165) is 48.6 Å². The summed E-state index contributed by atoms with van der Waals surface area (Å²) in [5.74, 6) is -0.245. The lowest BCUT2D eigenvalue weighted by molar-refractivity contribution is 0.0951. The van der Waals surface area contributed by atoms with Crippen LogP contribution in [0.3, 0.4) is 0 Å². The molecule has 4 rings (SSSR count). The van der Waals surface area contributed by atoms with Crippen molar-refractivity contribution >= 4 is 27.3 Å². The van der Waals surface area contributed by atoms with Crippen LogP contribution in [-0.2, 0) is 16.6 Å². The van der Waals surface area contributed by atoms with E-state index in [0.29, 0.717) is 23.4 Å². The zero-order valence-corrected chi connectivity index (χ0v) is 21.2. The smallest absolute Gasteiger partial charge is 0.262 e. The molecule has 0 aliphatic carbocycles. The highest BCUT2D eigenvalue weighted by Gasteiger charge is 2.22. The van der Waals surface area contributed by atoms with Crippen LogP contribution < -0.4 is 20.3 Å². The van der Waals surface area contributed by atoms with Gasteiger partial charge in [0.1, 0.15) is 0 Å². The van der Waals surface area contributed by atoms with Crippen LogP contribution in [0, 0.1) is 20.8 Å². The maximum atomic E-state index is 13.3. The molecule has 0 aromatic heterocycles. The molecule has 0 saturated carbocycles. The van der Waals surface area contributed by atoms with Gasteiger partial charge in [0.05, 0.1) is 10.5 Å². The van der Waals surface area contributed by atoms with E-state index in [1.54, 1.807) is 25.1 Å². The monoisotopic (exact) mass is 492 g/mol. The number of piperazine rings is 1. The van der Waals surface area contributed by atoms with E-state index >= 15 is 0 Å². The second kappa shape index (κ2) is 10.5. The number of hydrogen-bond acceptors (Lipinski definition) is 5. The highest BCUT2D eigenvalue weighted by atomic mass is 32.2. The predicted octanol–water partition coefficient (Wildman–Crippen LogP) is 3.75. The minimum Gasteiger partial charge on any atom is -0.368 e. The van der Waals surface area contributed by atoms with Crippen LogP contribution in [0.25, 0.3) is 0 Å². The van der Waals surface area contributed by atoms with Crippen molar-refractivity contribution in [2.24, 2.45) is 0 Å². The molecular weight excluding hydrogens is 460 g/mol. The van der Waals surface area contributed by atoms with Crippen molar-refractivity contribution in [3.05, 3.63) is 88.5 Å². The molecule has 1 amide bonds. The lowest BCUT2D eigenvalue weighted by atomic mass is 10.1. The fourth-order valence-corrected chi connectivity index (χ4v) is 5.63. The average Bonchev–Trinajstić information content (AvgIpc) is 2.85. The van der Waals surface area contributed by atoms with Crippen molar-refractivity contribution in [2.45, 2.75) is 32.2 Å². The third kappa shape index (κ3) is 5.83. The van der Waals surface area contributed by atoms with Crippen LogP contribution in [0.2, 0.25) is 0 Å². The molecular formula is C27H32N4O3S. The second-order valence-corrected chi connectivity index (χ2v) is 10.6. The van der Waals surface area contributed by atoms with E-state index in [4.69, 9.17) is 0 Å². The molecule has 0 atom stereocenters. The topological polar surface area (TPSA) is 90.5 Å². The summed E-state index contributed by atoms with van der Waals surface area (Å²) in [5, 5.41) is 6.30. The van der Waals surface area contributed by atoms with E-state index in [9.17, 15) is 13.2 Å². The molecule has 0 bridgehead atoms. The number of aryl methyl sites for hydroxylation is 3. The number of amides is 1. The zero-order valence-electron chi connectivity index (χ0n) is 20.4. The summed E-state index contributed by atoms with van der Waals surface area (Å²) in [6, 6.07) is 18.4. The molecule has 7 nitrogen and oxygen atoms in total. The van der Waals surface area contributed by atoms with Crippen LogP contribution in [0.4, 0.5) is 11.4 Å². The van der Waals surface area contributed by atoms with Gasteiger partial charge in [0.15, 0.2) is 0 Å². The fourth-order valence-electron chi connectivity index (χ4n) is 4.27. The van der Waals surface area contributed by atoms with Crippen LogP contribution >= 0.6 is 0 Å². The number of nitrogens with zero attached hydrogens (tertiary/aromatic N) is 1. The summed E-state index contributed by atoms with van der Waals surface area (Å²) in [6.45, 7) is 9.22. The van der Waals surface area contributed by atoms with Gasteiger partial charge in [-0.3, -0.25) is 9.52 Å². The first-order valence-electron chi connectivity index (χ1n) is 11.8.